The summed E-state index contributed by atoms with van der Waals surface area (Å²) in [5.74, 6) is -0.0472. The van der Waals surface area contributed by atoms with Crippen molar-refractivity contribution in [2.45, 2.75) is 115 Å². The summed E-state index contributed by atoms with van der Waals surface area (Å²) in [5.41, 5.74) is 0. The van der Waals surface area contributed by atoms with Crippen LogP contribution >= 0.6 is 0 Å². The van der Waals surface area contributed by atoms with Crippen molar-refractivity contribution in [1.82, 2.24) is 10.6 Å². The zero-order chi connectivity index (χ0) is 23.0. The van der Waals surface area contributed by atoms with E-state index in [1.165, 1.54) is 38.5 Å². The fourth-order valence-electron chi connectivity index (χ4n) is 3.86. The molecule has 6 heteroatoms. The SMILES string of the molecule is CCCCCC1OC1C/C=C/CC(=O)NCCNC(=O)C/C=C/CC1OC1CCCCC. The number of nitrogens with one attached hydrogen (secondary N) is 2. The molecule has 182 valence electrons. The van der Waals surface area contributed by atoms with Gasteiger partial charge in [0.05, 0.1) is 24.4 Å². The van der Waals surface area contributed by atoms with Crippen LogP contribution in [0.5, 0.6) is 0 Å². The molecule has 0 aromatic rings. The second-order valence-electron chi connectivity index (χ2n) is 8.94. The Labute approximate surface area is 194 Å². The van der Waals surface area contributed by atoms with Crippen molar-refractivity contribution in [3.05, 3.63) is 24.3 Å². The van der Waals surface area contributed by atoms with E-state index in [2.05, 4.69) is 24.5 Å². The molecule has 6 nitrogen and oxygen atoms in total. The van der Waals surface area contributed by atoms with Gasteiger partial charge >= 0.3 is 0 Å². The van der Waals surface area contributed by atoms with Crippen LogP contribution in [0.2, 0.25) is 0 Å². The highest BCUT2D eigenvalue weighted by Gasteiger charge is 2.37. The van der Waals surface area contributed by atoms with E-state index >= 15 is 0 Å². The molecule has 32 heavy (non-hydrogen) atoms. The highest BCUT2D eigenvalue weighted by atomic mass is 16.6. The Balaban J connectivity index is 1.38. The molecular formula is C26H44N2O4. The van der Waals surface area contributed by atoms with Crippen LogP contribution in [-0.2, 0) is 19.1 Å². The number of carbonyl (C=O) groups is 2. The fraction of sp³-hybridized carbons (Fsp3) is 0.769. The minimum absolute atomic E-state index is 0.0236. The molecule has 4 atom stereocenters. The van der Waals surface area contributed by atoms with Crippen molar-refractivity contribution in [2.24, 2.45) is 0 Å². The Kier molecular flexibility index (Phi) is 13.3. The summed E-state index contributed by atoms with van der Waals surface area (Å²) in [7, 11) is 0. The zero-order valence-electron chi connectivity index (χ0n) is 20.2. The second-order valence-corrected chi connectivity index (χ2v) is 8.94. The van der Waals surface area contributed by atoms with E-state index in [1.807, 2.05) is 24.3 Å². The van der Waals surface area contributed by atoms with E-state index in [1.54, 1.807) is 0 Å². The predicted molar refractivity (Wildman–Crippen MR) is 128 cm³/mol. The van der Waals surface area contributed by atoms with Crippen LogP contribution in [0.3, 0.4) is 0 Å². The summed E-state index contributed by atoms with van der Waals surface area (Å²) >= 11 is 0. The van der Waals surface area contributed by atoms with E-state index in [-0.39, 0.29) is 11.8 Å². The van der Waals surface area contributed by atoms with Crippen molar-refractivity contribution in [3.63, 3.8) is 0 Å². The summed E-state index contributed by atoms with van der Waals surface area (Å²) in [6, 6.07) is 0. The molecule has 2 amide bonds. The Morgan fingerprint density at radius 1 is 0.656 bits per heavy atom. The first-order chi connectivity index (χ1) is 15.6. The number of ether oxygens (including phenoxy) is 2. The van der Waals surface area contributed by atoms with E-state index in [0.717, 1.165) is 25.7 Å². The third-order valence-electron chi connectivity index (χ3n) is 6.01. The van der Waals surface area contributed by atoms with Gasteiger partial charge in [0.15, 0.2) is 0 Å². The maximum absolute atomic E-state index is 11.8. The van der Waals surface area contributed by atoms with E-state index in [4.69, 9.17) is 9.47 Å². The molecule has 0 bridgehead atoms. The highest BCUT2D eigenvalue weighted by molar-refractivity contribution is 5.78. The lowest BCUT2D eigenvalue weighted by atomic mass is 10.1. The Hall–Kier alpha value is -1.66. The fourth-order valence-corrected chi connectivity index (χ4v) is 3.86. The molecular weight excluding hydrogens is 404 g/mol. The summed E-state index contributed by atoms with van der Waals surface area (Å²) in [4.78, 5) is 23.7. The van der Waals surface area contributed by atoms with Crippen LogP contribution in [0.25, 0.3) is 0 Å². The first kappa shape index (κ1) is 26.6. The number of rotatable bonds is 19. The van der Waals surface area contributed by atoms with Gasteiger partial charge in [-0.1, -0.05) is 76.7 Å². The van der Waals surface area contributed by atoms with Crippen LogP contribution in [0.4, 0.5) is 0 Å². The molecule has 0 radical (unpaired) electrons. The number of hydrogen-bond acceptors (Lipinski definition) is 4. The monoisotopic (exact) mass is 448 g/mol. The minimum Gasteiger partial charge on any atom is -0.369 e. The van der Waals surface area contributed by atoms with Gasteiger partial charge in [-0.3, -0.25) is 9.59 Å². The van der Waals surface area contributed by atoms with Gasteiger partial charge in [0.1, 0.15) is 0 Å². The number of carbonyl (C=O) groups excluding carboxylic acids is 2. The van der Waals surface area contributed by atoms with Gasteiger partial charge in [-0.2, -0.15) is 0 Å². The summed E-state index contributed by atoms with van der Waals surface area (Å²) in [6.45, 7) is 5.31. The third kappa shape index (κ3) is 12.4. The largest absolute Gasteiger partial charge is 0.369 e. The van der Waals surface area contributed by atoms with Gasteiger partial charge in [-0.25, -0.2) is 0 Å². The maximum atomic E-state index is 11.8. The van der Waals surface area contributed by atoms with Crippen LogP contribution in [0, 0.1) is 0 Å². The number of hydrogen-bond donors (Lipinski definition) is 2. The van der Waals surface area contributed by atoms with Gasteiger partial charge in [0.25, 0.3) is 0 Å². The average Bonchev–Trinajstić information content (AvgIpc) is 3.70. The van der Waals surface area contributed by atoms with Crippen LogP contribution < -0.4 is 10.6 Å². The molecule has 0 saturated carbocycles. The lowest BCUT2D eigenvalue weighted by molar-refractivity contribution is -0.122. The van der Waals surface area contributed by atoms with Gasteiger partial charge < -0.3 is 20.1 Å². The molecule has 2 heterocycles. The minimum atomic E-state index is -0.0236. The molecule has 4 unspecified atom stereocenters. The lowest BCUT2D eigenvalue weighted by Crippen LogP contribution is -2.34. The summed E-state index contributed by atoms with van der Waals surface area (Å²) in [5, 5.41) is 5.66. The topological polar surface area (TPSA) is 83.3 Å². The van der Waals surface area contributed by atoms with Crippen molar-refractivity contribution in [3.8, 4) is 0 Å². The van der Waals surface area contributed by atoms with Gasteiger partial charge in [0.2, 0.25) is 11.8 Å². The predicted octanol–water partition coefficient (Wildman–Crippen LogP) is 4.59. The molecule has 2 aliphatic heterocycles. The summed E-state index contributed by atoms with van der Waals surface area (Å²) in [6.07, 6.45) is 21.8. The molecule has 2 N–H and O–H groups in total. The highest BCUT2D eigenvalue weighted by Crippen LogP contribution is 2.31. The van der Waals surface area contributed by atoms with E-state index < -0.39 is 0 Å². The number of epoxide rings is 2. The van der Waals surface area contributed by atoms with Gasteiger partial charge in [-0.05, 0) is 25.7 Å². The molecule has 0 aromatic carbocycles. The van der Waals surface area contributed by atoms with Crippen molar-refractivity contribution in [1.29, 1.82) is 0 Å². The van der Waals surface area contributed by atoms with Crippen molar-refractivity contribution >= 4 is 11.8 Å². The van der Waals surface area contributed by atoms with Crippen molar-refractivity contribution < 1.29 is 19.1 Å². The quantitative estimate of drug-likeness (QED) is 0.172. The maximum Gasteiger partial charge on any atom is 0.223 e. The lowest BCUT2D eigenvalue weighted by Gasteiger charge is -2.05. The second kappa shape index (κ2) is 16.0. The van der Waals surface area contributed by atoms with E-state index in [9.17, 15) is 9.59 Å². The van der Waals surface area contributed by atoms with Gasteiger partial charge in [0, 0.05) is 25.9 Å². The molecule has 0 aromatic heterocycles. The standard InChI is InChI=1S/C26H44N2O4/c1-3-5-7-13-21-23(31-21)15-9-11-17-25(29)27-19-20-28-26(30)18-12-10-16-24-22(32-24)14-8-6-4-2/h9-12,21-24H,3-8,13-20H2,1-2H3,(H,27,29)(H,28,30)/b11-9+,12-10+. The number of unbranched alkanes of at least 4 members (excludes halogenated alkanes) is 4. The Morgan fingerprint density at radius 3 is 1.50 bits per heavy atom. The normalized spacial score (nSPS) is 24.2. The molecule has 2 aliphatic rings. The zero-order valence-corrected chi connectivity index (χ0v) is 20.2. The molecule has 0 spiro atoms. The molecule has 0 aliphatic carbocycles. The molecule has 2 fully saturated rings. The molecule has 2 saturated heterocycles. The smallest absolute Gasteiger partial charge is 0.223 e. The van der Waals surface area contributed by atoms with Crippen LogP contribution in [0.15, 0.2) is 24.3 Å². The Morgan fingerprint density at radius 2 is 1.09 bits per heavy atom. The van der Waals surface area contributed by atoms with Crippen LogP contribution in [0.1, 0.15) is 90.9 Å². The Bertz CT molecular complexity index is 553. The molecule has 2 rings (SSSR count). The van der Waals surface area contributed by atoms with Crippen molar-refractivity contribution in [2.75, 3.05) is 13.1 Å². The summed E-state index contributed by atoms with van der Waals surface area (Å²) < 4.78 is 11.3. The number of amides is 2. The van der Waals surface area contributed by atoms with Crippen LogP contribution in [-0.4, -0.2) is 49.3 Å². The first-order valence-corrected chi connectivity index (χ1v) is 12.8. The first-order valence-electron chi connectivity index (χ1n) is 12.8. The van der Waals surface area contributed by atoms with E-state index in [0.29, 0.717) is 50.3 Å². The average molecular weight is 449 g/mol. The van der Waals surface area contributed by atoms with Gasteiger partial charge in [-0.15, -0.1) is 0 Å². The third-order valence-corrected chi connectivity index (χ3v) is 6.01.